The Balaban J connectivity index is 2.20. The minimum atomic E-state index is -0.799. The first-order valence-corrected chi connectivity index (χ1v) is 6.13. The Morgan fingerprint density at radius 2 is 1.89 bits per heavy atom. The van der Waals surface area contributed by atoms with Crippen LogP contribution in [0.15, 0.2) is 0 Å². The molecule has 1 aliphatic carbocycles. The van der Waals surface area contributed by atoms with E-state index in [1.54, 1.807) is 27.7 Å². The van der Waals surface area contributed by atoms with Crippen molar-refractivity contribution in [3.8, 4) is 0 Å². The second-order valence-electron chi connectivity index (χ2n) is 5.36. The predicted molar refractivity (Wildman–Crippen MR) is 63.6 cm³/mol. The largest absolute Gasteiger partial charge is 0.442 e. The summed E-state index contributed by atoms with van der Waals surface area (Å²) in [5.74, 6) is -0.632. The van der Waals surface area contributed by atoms with Crippen molar-refractivity contribution in [1.29, 1.82) is 0 Å². The highest BCUT2D eigenvalue weighted by Crippen LogP contribution is 2.23. The Bertz CT molecular complexity index is 306. The van der Waals surface area contributed by atoms with Crippen LogP contribution in [0, 0.1) is 0 Å². The molecular weight excluding hydrogens is 238 g/mol. The third kappa shape index (κ3) is 5.35. The lowest BCUT2D eigenvalue weighted by atomic mass is 9.96. The number of nitrogens with one attached hydrogen (secondary N) is 1. The number of carbonyl (C=O) groups is 2. The van der Waals surface area contributed by atoms with Gasteiger partial charge < -0.3 is 14.3 Å². The normalized spacial score (nSPS) is 17.6. The van der Waals surface area contributed by atoms with Crippen molar-refractivity contribution in [2.24, 2.45) is 0 Å². The summed E-state index contributed by atoms with van der Waals surface area (Å²) in [7, 11) is 0. The maximum Gasteiger partial charge on any atom is 0.441 e. The Labute approximate surface area is 107 Å². The standard InChI is InChI=1S/C12H21NO5/c1-8(16-9-6-5-7-9)10(14)18-13-11(15)17-12(2,3)4/h8-9H,5-7H2,1-4H3,(H,13,15). The number of hydroxylamine groups is 1. The van der Waals surface area contributed by atoms with Crippen LogP contribution in [-0.2, 0) is 19.1 Å². The second-order valence-corrected chi connectivity index (χ2v) is 5.36. The molecule has 0 aromatic heterocycles. The van der Waals surface area contributed by atoms with E-state index in [1.807, 2.05) is 5.48 Å². The highest BCUT2D eigenvalue weighted by molar-refractivity contribution is 5.76. The lowest BCUT2D eigenvalue weighted by Gasteiger charge is -2.27. The number of carbonyl (C=O) groups excluding carboxylic acids is 2. The molecule has 0 bridgehead atoms. The zero-order valence-corrected chi connectivity index (χ0v) is 11.3. The van der Waals surface area contributed by atoms with E-state index in [4.69, 9.17) is 9.47 Å². The molecule has 0 aromatic carbocycles. The second kappa shape index (κ2) is 6.04. The van der Waals surface area contributed by atoms with Gasteiger partial charge in [0.2, 0.25) is 0 Å². The van der Waals surface area contributed by atoms with Crippen molar-refractivity contribution >= 4 is 12.1 Å². The third-order valence-electron chi connectivity index (χ3n) is 2.41. The van der Waals surface area contributed by atoms with E-state index >= 15 is 0 Å². The number of hydrogen-bond acceptors (Lipinski definition) is 5. The van der Waals surface area contributed by atoms with E-state index in [2.05, 4.69) is 4.84 Å². The average Bonchev–Trinajstić information content (AvgIpc) is 2.17. The minimum Gasteiger partial charge on any atom is -0.442 e. The van der Waals surface area contributed by atoms with Gasteiger partial charge in [-0.3, -0.25) is 0 Å². The molecule has 0 saturated heterocycles. The van der Waals surface area contributed by atoms with Gasteiger partial charge in [-0.2, -0.15) is 0 Å². The predicted octanol–water partition coefficient (Wildman–Crippen LogP) is 1.93. The molecule has 1 N–H and O–H groups in total. The molecule has 0 heterocycles. The molecule has 0 aromatic rings. The zero-order chi connectivity index (χ0) is 13.8. The van der Waals surface area contributed by atoms with E-state index in [0.29, 0.717) is 0 Å². The van der Waals surface area contributed by atoms with Crippen LogP contribution in [0.25, 0.3) is 0 Å². The molecule has 1 fully saturated rings. The quantitative estimate of drug-likeness (QED) is 0.784. The SMILES string of the molecule is CC(OC1CCC1)C(=O)ONC(=O)OC(C)(C)C. The highest BCUT2D eigenvalue weighted by atomic mass is 16.7. The van der Waals surface area contributed by atoms with Gasteiger partial charge in [-0.15, -0.1) is 5.48 Å². The zero-order valence-electron chi connectivity index (χ0n) is 11.3. The molecule has 6 nitrogen and oxygen atoms in total. The molecule has 1 atom stereocenters. The monoisotopic (exact) mass is 259 g/mol. The summed E-state index contributed by atoms with van der Waals surface area (Å²) < 4.78 is 10.3. The first-order chi connectivity index (χ1) is 8.28. The van der Waals surface area contributed by atoms with Crippen LogP contribution in [0.4, 0.5) is 4.79 Å². The lowest BCUT2D eigenvalue weighted by Crippen LogP contribution is -2.38. The molecule has 1 amide bonds. The molecule has 0 aliphatic heterocycles. The summed E-state index contributed by atoms with van der Waals surface area (Å²) in [6, 6.07) is 0. The van der Waals surface area contributed by atoms with Gasteiger partial charge in [0.1, 0.15) is 5.60 Å². The minimum absolute atomic E-state index is 0.133. The summed E-state index contributed by atoms with van der Waals surface area (Å²) >= 11 is 0. The molecule has 1 rings (SSSR count). The fraction of sp³-hybridized carbons (Fsp3) is 0.833. The third-order valence-corrected chi connectivity index (χ3v) is 2.41. The van der Waals surface area contributed by atoms with Crippen LogP contribution in [0.5, 0.6) is 0 Å². The van der Waals surface area contributed by atoms with Gasteiger partial charge in [-0.1, -0.05) is 0 Å². The lowest BCUT2D eigenvalue weighted by molar-refractivity contribution is -0.169. The van der Waals surface area contributed by atoms with Crippen molar-refractivity contribution in [2.45, 2.75) is 64.8 Å². The molecule has 6 heteroatoms. The summed E-state index contributed by atoms with van der Waals surface area (Å²) in [6.07, 6.45) is 1.71. The van der Waals surface area contributed by atoms with Crippen LogP contribution in [0.1, 0.15) is 47.0 Å². The molecule has 0 radical (unpaired) electrons. The van der Waals surface area contributed by atoms with Crippen LogP contribution in [0.3, 0.4) is 0 Å². The maximum absolute atomic E-state index is 11.5. The van der Waals surface area contributed by atoms with Gasteiger partial charge >= 0.3 is 12.1 Å². The van der Waals surface area contributed by atoms with Crippen molar-refractivity contribution in [2.75, 3.05) is 0 Å². The van der Waals surface area contributed by atoms with E-state index in [1.165, 1.54) is 0 Å². The highest BCUT2D eigenvalue weighted by Gasteiger charge is 2.26. The summed E-state index contributed by atoms with van der Waals surface area (Å²) in [4.78, 5) is 27.3. The van der Waals surface area contributed by atoms with Gasteiger partial charge in [0.05, 0.1) is 6.10 Å². The average molecular weight is 259 g/mol. The van der Waals surface area contributed by atoms with Crippen molar-refractivity contribution in [3.63, 3.8) is 0 Å². The molecular formula is C12H21NO5. The fourth-order valence-electron chi connectivity index (χ4n) is 1.32. The van der Waals surface area contributed by atoms with E-state index in [0.717, 1.165) is 19.3 Å². The van der Waals surface area contributed by atoms with E-state index < -0.39 is 23.8 Å². The van der Waals surface area contributed by atoms with Gasteiger partial charge in [-0.05, 0) is 47.0 Å². The molecule has 18 heavy (non-hydrogen) atoms. The van der Waals surface area contributed by atoms with E-state index in [9.17, 15) is 9.59 Å². The van der Waals surface area contributed by atoms with Gasteiger partial charge in [0.25, 0.3) is 0 Å². The number of rotatable bonds is 3. The molecule has 1 aliphatic rings. The first kappa shape index (κ1) is 14.8. The molecule has 0 spiro atoms. The van der Waals surface area contributed by atoms with Crippen molar-refractivity contribution in [1.82, 2.24) is 5.48 Å². The Hall–Kier alpha value is -1.30. The molecule has 1 saturated carbocycles. The van der Waals surface area contributed by atoms with Gasteiger partial charge in [-0.25, -0.2) is 9.59 Å². The first-order valence-electron chi connectivity index (χ1n) is 6.13. The summed E-state index contributed by atoms with van der Waals surface area (Å²) in [5, 5.41) is 0. The van der Waals surface area contributed by atoms with Crippen molar-refractivity contribution < 1.29 is 23.9 Å². The smallest absolute Gasteiger partial charge is 0.441 e. The Morgan fingerprint density at radius 1 is 1.28 bits per heavy atom. The number of amides is 1. The van der Waals surface area contributed by atoms with Gasteiger partial charge in [0.15, 0.2) is 6.10 Å². The van der Waals surface area contributed by atoms with Crippen LogP contribution < -0.4 is 5.48 Å². The number of ether oxygens (including phenoxy) is 2. The van der Waals surface area contributed by atoms with Crippen LogP contribution in [-0.4, -0.2) is 29.9 Å². The van der Waals surface area contributed by atoms with Gasteiger partial charge in [0, 0.05) is 0 Å². The van der Waals surface area contributed by atoms with Crippen LogP contribution >= 0.6 is 0 Å². The summed E-state index contributed by atoms with van der Waals surface area (Å²) in [6.45, 7) is 6.75. The number of hydrogen-bond donors (Lipinski definition) is 1. The molecule has 104 valence electrons. The maximum atomic E-state index is 11.5. The Morgan fingerprint density at radius 3 is 2.33 bits per heavy atom. The van der Waals surface area contributed by atoms with Crippen LogP contribution in [0.2, 0.25) is 0 Å². The van der Waals surface area contributed by atoms with E-state index in [-0.39, 0.29) is 6.10 Å². The molecule has 1 unspecified atom stereocenters. The van der Waals surface area contributed by atoms with Crippen molar-refractivity contribution in [3.05, 3.63) is 0 Å². The topological polar surface area (TPSA) is 73.9 Å². The fourth-order valence-corrected chi connectivity index (χ4v) is 1.32. The Kier molecular flexibility index (Phi) is 4.95. The summed E-state index contributed by atoms with van der Waals surface area (Å²) in [5.41, 5.74) is 1.30.